The standard InChI is InChI=1S/C20H32N4O3/c1-14(2)17(23-19(26)27-20(3,4)5)18(25)24-12-9-15(10-13-24)22-16-8-6-7-11-21-16/h6-8,11,14-15,17H,9-10,12-13H2,1-5H3,(H,21,22)(H,23,26)/t17-/m0/s1. The molecule has 0 aromatic carbocycles. The van der Waals surface area contributed by atoms with Gasteiger partial charge in [-0.2, -0.15) is 0 Å². The third kappa shape index (κ3) is 6.73. The van der Waals surface area contributed by atoms with E-state index in [0.717, 1.165) is 18.7 Å². The maximum atomic E-state index is 12.9. The summed E-state index contributed by atoms with van der Waals surface area (Å²) >= 11 is 0. The van der Waals surface area contributed by atoms with Crippen LogP contribution < -0.4 is 10.6 Å². The third-order valence-electron chi connectivity index (χ3n) is 4.43. The molecule has 1 saturated heterocycles. The number of aromatic nitrogens is 1. The van der Waals surface area contributed by atoms with Crippen molar-refractivity contribution in [2.24, 2.45) is 5.92 Å². The van der Waals surface area contributed by atoms with Gasteiger partial charge in [-0.15, -0.1) is 0 Å². The van der Waals surface area contributed by atoms with Crippen LogP contribution in [-0.4, -0.2) is 52.7 Å². The van der Waals surface area contributed by atoms with E-state index < -0.39 is 17.7 Å². The first kappa shape index (κ1) is 21.0. The van der Waals surface area contributed by atoms with Crippen molar-refractivity contribution in [3.63, 3.8) is 0 Å². The molecule has 2 amide bonds. The number of nitrogens with one attached hydrogen (secondary N) is 2. The number of piperidine rings is 1. The Bertz CT molecular complexity index is 620. The molecule has 1 aromatic rings. The summed E-state index contributed by atoms with van der Waals surface area (Å²) in [5.74, 6) is 0.787. The van der Waals surface area contributed by atoms with Crippen molar-refractivity contribution in [2.45, 2.75) is 65.1 Å². The van der Waals surface area contributed by atoms with E-state index in [9.17, 15) is 9.59 Å². The predicted molar refractivity (Wildman–Crippen MR) is 105 cm³/mol. The summed E-state index contributed by atoms with van der Waals surface area (Å²) in [7, 11) is 0. The smallest absolute Gasteiger partial charge is 0.408 e. The Labute approximate surface area is 161 Å². The number of rotatable bonds is 5. The summed E-state index contributed by atoms with van der Waals surface area (Å²) in [5, 5.41) is 6.15. The fraction of sp³-hybridized carbons (Fsp3) is 0.650. The van der Waals surface area contributed by atoms with E-state index in [0.29, 0.717) is 19.1 Å². The molecule has 2 N–H and O–H groups in total. The number of alkyl carbamates (subject to hydrolysis) is 1. The SMILES string of the molecule is CC(C)[C@H](NC(=O)OC(C)(C)C)C(=O)N1CCC(Nc2ccccn2)CC1. The van der Waals surface area contributed by atoms with Crippen LogP contribution in [0.1, 0.15) is 47.5 Å². The maximum Gasteiger partial charge on any atom is 0.408 e. The molecular weight excluding hydrogens is 344 g/mol. The molecule has 0 radical (unpaired) electrons. The van der Waals surface area contributed by atoms with Gasteiger partial charge in [0.05, 0.1) is 0 Å². The van der Waals surface area contributed by atoms with Gasteiger partial charge in [0.2, 0.25) is 5.91 Å². The lowest BCUT2D eigenvalue weighted by Crippen LogP contribution is -2.54. The first-order valence-electron chi connectivity index (χ1n) is 9.61. The number of likely N-dealkylation sites (tertiary alicyclic amines) is 1. The molecule has 1 aliphatic heterocycles. The quantitative estimate of drug-likeness (QED) is 0.825. The minimum Gasteiger partial charge on any atom is -0.444 e. The van der Waals surface area contributed by atoms with Crippen molar-refractivity contribution in [3.8, 4) is 0 Å². The number of amides is 2. The molecule has 27 heavy (non-hydrogen) atoms. The second kappa shape index (κ2) is 9.06. The zero-order chi connectivity index (χ0) is 20.0. The number of anilines is 1. The van der Waals surface area contributed by atoms with Crippen molar-refractivity contribution in [3.05, 3.63) is 24.4 Å². The molecular formula is C20H32N4O3. The summed E-state index contributed by atoms with van der Waals surface area (Å²) in [5.41, 5.74) is -0.593. The molecule has 7 heteroatoms. The average molecular weight is 377 g/mol. The minimum absolute atomic E-state index is 0.0191. The van der Waals surface area contributed by atoms with Crippen LogP contribution in [0.25, 0.3) is 0 Å². The molecule has 150 valence electrons. The Morgan fingerprint density at radius 3 is 2.41 bits per heavy atom. The Balaban J connectivity index is 1.88. The molecule has 1 atom stereocenters. The highest BCUT2D eigenvalue weighted by Gasteiger charge is 2.32. The van der Waals surface area contributed by atoms with Gasteiger partial charge >= 0.3 is 6.09 Å². The molecule has 0 unspecified atom stereocenters. The monoisotopic (exact) mass is 376 g/mol. The number of ether oxygens (including phenoxy) is 1. The second-order valence-corrected chi connectivity index (χ2v) is 8.33. The summed E-state index contributed by atoms with van der Waals surface area (Å²) in [6.45, 7) is 10.6. The first-order chi connectivity index (χ1) is 12.7. The summed E-state index contributed by atoms with van der Waals surface area (Å²) in [6.07, 6.45) is 2.90. The van der Waals surface area contributed by atoms with Crippen LogP contribution in [0, 0.1) is 5.92 Å². The fourth-order valence-electron chi connectivity index (χ4n) is 3.05. The van der Waals surface area contributed by atoms with Gasteiger partial charge in [0, 0.05) is 25.3 Å². The Hall–Kier alpha value is -2.31. The van der Waals surface area contributed by atoms with Crippen LogP contribution in [0.3, 0.4) is 0 Å². The van der Waals surface area contributed by atoms with Gasteiger partial charge in [-0.05, 0) is 51.7 Å². The number of nitrogens with zero attached hydrogens (tertiary/aromatic N) is 2. The Morgan fingerprint density at radius 1 is 1.22 bits per heavy atom. The topological polar surface area (TPSA) is 83.6 Å². The third-order valence-corrected chi connectivity index (χ3v) is 4.43. The van der Waals surface area contributed by atoms with Crippen LogP contribution in [-0.2, 0) is 9.53 Å². The van der Waals surface area contributed by atoms with Crippen molar-refractivity contribution in [2.75, 3.05) is 18.4 Å². The van der Waals surface area contributed by atoms with E-state index in [2.05, 4.69) is 15.6 Å². The minimum atomic E-state index is -0.593. The highest BCUT2D eigenvalue weighted by molar-refractivity contribution is 5.86. The lowest BCUT2D eigenvalue weighted by molar-refractivity contribution is -0.135. The number of carbonyl (C=O) groups is 2. The van der Waals surface area contributed by atoms with E-state index in [-0.39, 0.29) is 11.8 Å². The summed E-state index contributed by atoms with van der Waals surface area (Å²) < 4.78 is 5.30. The molecule has 1 aliphatic rings. The molecule has 0 bridgehead atoms. The second-order valence-electron chi connectivity index (χ2n) is 8.33. The summed E-state index contributed by atoms with van der Waals surface area (Å²) in [6, 6.07) is 5.48. The van der Waals surface area contributed by atoms with Crippen molar-refractivity contribution >= 4 is 17.8 Å². The first-order valence-corrected chi connectivity index (χ1v) is 9.61. The Kier molecular flexibility index (Phi) is 7.05. The van der Waals surface area contributed by atoms with Crippen molar-refractivity contribution in [1.82, 2.24) is 15.2 Å². The zero-order valence-corrected chi connectivity index (χ0v) is 17.0. The van der Waals surface area contributed by atoms with Crippen molar-refractivity contribution in [1.29, 1.82) is 0 Å². The normalized spacial score (nSPS) is 16.7. The molecule has 1 fully saturated rings. The van der Waals surface area contributed by atoms with Gasteiger partial charge in [-0.25, -0.2) is 9.78 Å². The fourth-order valence-corrected chi connectivity index (χ4v) is 3.05. The van der Waals surface area contributed by atoms with Crippen molar-refractivity contribution < 1.29 is 14.3 Å². The molecule has 1 aromatic heterocycles. The van der Waals surface area contributed by atoms with E-state index in [1.807, 2.05) is 36.9 Å². The van der Waals surface area contributed by atoms with E-state index in [1.54, 1.807) is 27.0 Å². The summed E-state index contributed by atoms with van der Waals surface area (Å²) in [4.78, 5) is 31.1. The molecule has 0 aliphatic carbocycles. The molecule has 2 heterocycles. The van der Waals surface area contributed by atoms with E-state index in [4.69, 9.17) is 4.74 Å². The number of pyridine rings is 1. The lowest BCUT2D eigenvalue weighted by atomic mass is 9.99. The average Bonchev–Trinajstić information content (AvgIpc) is 2.59. The van der Waals surface area contributed by atoms with Crippen LogP contribution in [0.15, 0.2) is 24.4 Å². The molecule has 2 rings (SSSR count). The van der Waals surface area contributed by atoms with E-state index >= 15 is 0 Å². The Morgan fingerprint density at radius 2 is 1.89 bits per heavy atom. The van der Waals surface area contributed by atoms with E-state index in [1.165, 1.54) is 0 Å². The highest BCUT2D eigenvalue weighted by Crippen LogP contribution is 2.18. The maximum absolute atomic E-state index is 12.9. The lowest BCUT2D eigenvalue weighted by Gasteiger charge is -2.36. The van der Waals surface area contributed by atoms with Gasteiger partial charge in [0.1, 0.15) is 17.5 Å². The van der Waals surface area contributed by atoms with Crippen LogP contribution >= 0.6 is 0 Å². The number of hydrogen-bond donors (Lipinski definition) is 2. The van der Waals surface area contributed by atoms with Gasteiger partial charge in [0.15, 0.2) is 0 Å². The zero-order valence-electron chi connectivity index (χ0n) is 17.0. The van der Waals surface area contributed by atoms with Crippen LogP contribution in [0.5, 0.6) is 0 Å². The molecule has 7 nitrogen and oxygen atoms in total. The number of carbonyl (C=O) groups excluding carboxylic acids is 2. The largest absolute Gasteiger partial charge is 0.444 e. The molecule has 0 spiro atoms. The number of hydrogen-bond acceptors (Lipinski definition) is 5. The van der Waals surface area contributed by atoms with Gasteiger partial charge in [-0.1, -0.05) is 19.9 Å². The van der Waals surface area contributed by atoms with Crippen LogP contribution in [0.4, 0.5) is 10.6 Å². The van der Waals surface area contributed by atoms with Gasteiger partial charge < -0.3 is 20.3 Å². The molecule has 0 saturated carbocycles. The predicted octanol–water partition coefficient (Wildman–Crippen LogP) is 3.03. The van der Waals surface area contributed by atoms with Gasteiger partial charge in [-0.3, -0.25) is 4.79 Å². The highest BCUT2D eigenvalue weighted by atomic mass is 16.6. The van der Waals surface area contributed by atoms with Gasteiger partial charge in [0.25, 0.3) is 0 Å². The van der Waals surface area contributed by atoms with Crippen LogP contribution in [0.2, 0.25) is 0 Å².